The summed E-state index contributed by atoms with van der Waals surface area (Å²) in [5, 5.41) is 9.61. The molecule has 0 bridgehead atoms. The first-order chi connectivity index (χ1) is 9.12. The second-order valence-electron chi connectivity index (χ2n) is 5.86. The number of fused-ring (bicyclic) bond motifs is 1. The van der Waals surface area contributed by atoms with E-state index in [1.165, 1.54) is 24.0 Å². The molecule has 2 atom stereocenters. The van der Waals surface area contributed by atoms with Crippen molar-refractivity contribution in [1.82, 2.24) is 0 Å². The van der Waals surface area contributed by atoms with Crippen LogP contribution in [-0.2, 0) is 28.8 Å². The Hall–Kier alpha value is -1.35. The van der Waals surface area contributed by atoms with E-state index in [-0.39, 0.29) is 6.10 Å². The van der Waals surface area contributed by atoms with Crippen LogP contribution in [-0.4, -0.2) is 23.8 Å². The van der Waals surface area contributed by atoms with Crippen LogP contribution >= 0.6 is 0 Å². The van der Waals surface area contributed by atoms with Crippen molar-refractivity contribution in [3.05, 3.63) is 34.9 Å². The Balaban J connectivity index is 1.89. The number of carboxylic acid groups (broad SMARTS) is 1. The molecular weight excluding hydrogens is 240 g/mol. The monoisotopic (exact) mass is 260 g/mol. The minimum atomic E-state index is -0.743. The van der Waals surface area contributed by atoms with Crippen LogP contribution in [0.4, 0.5) is 0 Å². The van der Waals surface area contributed by atoms with Crippen molar-refractivity contribution >= 4 is 5.97 Å². The van der Waals surface area contributed by atoms with E-state index in [2.05, 4.69) is 18.2 Å². The maximum atomic E-state index is 11.7. The zero-order valence-corrected chi connectivity index (χ0v) is 11.3. The fourth-order valence-electron chi connectivity index (χ4n) is 3.47. The molecule has 1 aromatic rings. The fourth-order valence-corrected chi connectivity index (χ4v) is 3.47. The van der Waals surface area contributed by atoms with Gasteiger partial charge < -0.3 is 9.84 Å². The Labute approximate surface area is 113 Å². The van der Waals surface area contributed by atoms with Gasteiger partial charge in [-0.3, -0.25) is 4.79 Å². The number of hydrogen-bond donors (Lipinski definition) is 1. The number of aliphatic carboxylic acids is 1. The summed E-state index contributed by atoms with van der Waals surface area (Å²) in [5.41, 5.74) is 3.24. The first-order valence-corrected chi connectivity index (χ1v) is 7.07. The predicted molar refractivity (Wildman–Crippen MR) is 72.3 cm³/mol. The van der Waals surface area contributed by atoms with E-state index in [1.807, 2.05) is 6.92 Å². The Bertz CT molecular complexity index is 509. The van der Waals surface area contributed by atoms with E-state index in [1.54, 1.807) is 0 Å². The van der Waals surface area contributed by atoms with E-state index in [0.717, 1.165) is 12.0 Å². The Morgan fingerprint density at radius 1 is 1.42 bits per heavy atom. The number of carbonyl (C=O) groups is 1. The molecule has 19 heavy (non-hydrogen) atoms. The van der Waals surface area contributed by atoms with Gasteiger partial charge in [-0.05, 0) is 55.7 Å². The maximum Gasteiger partial charge on any atom is 0.312 e. The maximum absolute atomic E-state index is 11.7. The minimum Gasteiger partial charge on any atom is -0.481 e. The van der Waals surface area contributed by atoms with Crippen LogP contribution in [0, 0.1) is 5.41 Å². The van der Waals surface area contributed by atoms with Gasteiger partial charge in [-0.2, -0.15) is 0 Å². The lowest BCUT2D eigenvalue weighted by Crippen LogP contribution is -2.39. The molecule has 3 heteroatoms. The van der Waals surface area contributed by atoms with Crippen molar-refractivity contribution in [1.29, 1.82) is 0 Å². The van der Waals surface area contributed by atoms with Gasteiger partial charge in [0, 0.05) is 6.61 Å². The van der Waals surface area contributed by atoms with Crippen molar-refractivity contribution < 1.29 is 14.6 Å². The molecule has 1 saturated heterocycles. The Morgan fingerprint density at radius 3 is 2.89 bits per heavy atom. The summed E-state index contributed by atoms with van der Waals surface area (Å²) < 4.78 is 5.51. The molecule has 1 aliphatic heterocycles. The zero-order chi connectivity index (χ0) is 13.5. The molecule has 1 fully saturated rings. The van der Waals surface area contributed by atoms with Gasteiger partial charge in [-0.15, -0.1) is 0 Å². The van der Waals surface area contributed by atoms with Crippen molar-refractivity contribution in [2.45, 2.75) is 45.1 Å². The molecule has 0 saturated carbocycles. The first-order valence-electron chi connectivity index (χ1n) is 7.07. The van der Waals surface area contributed by atoms with Crippen LogP contribution in [0.15, 0.2) is 18.2 Å². The normalized spacial score (nSPS) is 29.4. The van der Waals surface area contributed by atoms with Crippen molar-refractivity contribution in [2.24, 2.45) is 5.41 Å². The lowest BCUT2D eigenvalue weighted by molar-refractivity contribution is -0.151. The van der Waals surface area contributed by atoms with E-state index in [4.69, 9.17) is 4.74 Å². The summed E-state index contributed by atoms with van der Waals surface area (Å²) in [6, 6.07) is 6.48. The van der Waals surface area contributed by atoms with E-state index >= 15 is 0 Å². The van der Waals surface area contributed by atoms with E-state index < -0.39 is 11.4 Å². The third kappa shape index (κ3) is 2.06. The highest BCUT2D eigenvalue weighted by Gasteiger charge is 2.48. The molecule has 0 spiro atoms. The highest BCUT2D eigenvalue weighted by Crippen LogP contribution is 2.39. The number of ether oxygens (including phenoxy) is 1. The first kappa shape index (κ1) is 12.7. The molecule has 1 heterocycles. The van der Waals surface area contributed by atoms with E-state index in [9.17, 15) is 9.90 Å². The number of carboxylic acids is 1. The minimum absolute atomic E-state index is 0.210. The Morgan fingerprint density at radius 2 is 2.21 bits per heavy atom. The molecule has 1 aromatic carbocycles. The third-order valence-corrected chi connectivity index (χ3v) is 4.80. The number of hydrogen-bond acceptors (Lipinski definition) is 2. The van der Waals surface area contributed by atoms with Crippen molar-refractivity contribution in [3.63, 3.8) is 0 Å². The average Bonchev–Trinajstić information content (AvgIpc) is 2.97. The molecule has 0 radical (unpaired) electrons. The standard InChI is InChI=1S/C16H20O3/c1-11-16(15(17)18,7-8-19-11)10-12-5-6-13-3-2-4-14(13)9-12/h5-6,9,11H,2-4,7-8,10H2,1H3,(H,17,18). The van der Waals surface area contributed by atoms with Crippen LogP contribution in [0.5, 0.6) is 0 Å². The summed E-state index contributed by atoms with van der Waals surface area (Å²) >= 11 is 0. The summed E-state index contributed by atoms with van der Waals surface area (Å²) in [7, 11) is 0. The predicted octanol–water partition coefficient (Wildman–Crippen LogP) is 2.60. The number of aryl methyl sites for hydroxylation is 2. The molecule has 1 aliphatic carbocycles. The van der Waals surface area contributed by atoms with Gasteiger partial charge in [0.1, 0.15) is 0 Å². The molecular formula is C16H20O3. The van der Waals surface area contributed by atoms with Gasteiger partial charge in [-0.25, -0.2) is 0 Å². The molecule has 1 N–H and O–H groups in total. The lowest BCUT2D eigenvalue weighted by atomic mass is 9.76. The van der Waals surface area contributed by atoms with Gasteiger partial charge in [0.25, 0.3) is 0 Å². The van der Waals surface area contributed by atoms with Crippen LogP contribution in [0.3, 0.4) is 0 Å². The van der Waals surface area contributed by atoms with Crippen LogP contribution in [0.1, 0.15) is 36.5 Å². The molecule has 2 aliphatic rings. The van der Waals surface area contributed by atoms with Gasteiger partial charge >= 0.3 is 5.97 Å². The lowest BCUT2D eigenvalue weighted by Gasteiger charge is -2.27. The fraction of sp³-hybridized carbons (Fsp3) is 0.562. The second kappa shape index (κ2) is 4.64. The summed E-state index contributed by atoms with van der Waals surface area (Å²) in [6.45, 7) is 2.44. The molecule has 2 unspecified atom stereocenters. The molecule has 0 aromatic heterocycles. The molecule has 0 amide bonds. The molecule has 3 nitrogen and oxygen atoms in total. The topological polar surface area (TPSA) is 46.5 Å². The van der Waals surface area contributed by atoms with Crippen molar-refractivity contribution in [2.75, 3.05) is 6.61 Å². The SMILES string of the molecule is CC1OCCC1(Cc1ccc2c(c1)CCC2)C(=O)O. The number of rotatable bonds is 3. The average molecular weight is 260 g/mol. The summed E-state index contributed by atoms with van der Waals surface area (Å²) in [5.74, 6) is -0.724. The zero-order valence-electron chi connectivity index (χ0n) is 11.3. The van der Waals surface area contributed by atoms with Crippen LogP contribution in [0.2, 0.25) is 0 Å². The van der Waals surface area contributed by atoms with Crippen molar-refractivity contribution in [3.8, 4) is 0 Å². The van der Waals surface area contributed by atoms with Gasteiger partial charge in [0.15, 0.2) is 0 Å². The highest BCUT2D eigenvalue weighted by molar-refractivity contribution is 5.76. The summed E-state index contributed by atoms with van der Waals surface area (Å²) in [6.07, 6.45) is 4.51. The van der Waals surface area contributed by atoms with Gasteiger partial charge in [0.2, 0.25) is 0 Å². The smallest absolute Gasteiger partial charge is 0.312 e. The Kier molecular flexibility index (Phi) is 3.09. The molecule has 3 rings (SSSR count). The van der Waals surface area contributed by atoms with Gasteiger partial charge in [-0.1, -0.05) is 18.2 Å². The molecule has 102 valence electrons. The second-order valence-corrected chi connectivity index (χ2v) is 5.86. The van der Waals surface area contributed by atoms with Gasteiger partial charge in [0.05, 0.1) is 11.5 Å². The van der Waals surface area contributed by atoms with Crippen LogP contribution in [0.25, 0.3) is 0 Å². The highest BCUT2D eigenvalue weighted by atomic mass is 16.5. The quantitative estimate of drug-likeness (QED) is 0.908. The summed E-state index contributed by atoms with van der Waals surface area (Å²) in [4.78, 5) is 11.7. The van der Waals surface area contributed by atoms with E-state index in [0.29, 0.717) is 19.4 Å². The third-order valence-electron chi connectivity index (χ3n) is 4.80. The van der Waals surface area contributed by atoms with Crippen LogP contribution < -0.4 is 0 Å². The number of benzene rings is 1. The largest absolute Gasteiger partial charge is 0.481 e.